The molecule has 0 heterocycles. The Kier molecular flexibility index (Phi) is 9.17. The molecule has 0 aromatic heterocycles. The minimum absolute atomic E-state index is 1.13. The zero-order chi connectivity index (χ0) is 8.53. The molecular formula is C8H18ClNS. The van der Waals surface area contributed by atoms with Gasteiger partial charge in [-0.3, -0.25) is 0 Å². The van der Waals surface area contributed by atoms with Crippen molar-refractivity contribution >= 4 is 21.8 Å². The largest absolute Gasteiger partial charge is 0.237 e. The Morgan fingerprint density at radius 3 is 1.82 bits per heavy atom. The minimum Gasteiger partial charge on any atom is -0.237 e. The van der Waals surface area contributed by atoms with E-state index in [9.17, 15) is 0 Å². The molecule has 0 fully saturated rings. The SMILES string of the molecule is CCCCN(CCCC)SCl. The standard InChI is InChI=1S/C8H18ClNS/c1-3-5-7-10(11-9)8-6-4-2/h3-8H2,1-2H3. The van der Waals surface area contributed by atoms with Gasteiger partial charge in [0.05, 0.1) is 0 Å². The van der Waals surface area contributed by atoms with E-state index in [0.29, 0.717) is 0 Å². The van der Waals surface area contributed by atoms with Crippen LogP contribution in [0.25, 0.3) is 0 Å². The van der Waals surface area contributed by atoms with E-state index in [1.165, 1.54) is 36.8 Å². The normalized spacial score (nSPS) is 10.9. The van der Waals surface area contributed by atoms with Gasteiger partial charge in [0.2, 0.25) is 0 Å². The van der Waals surface area contributed by atoms with Gasteiger partial charge in [-0.15, -0.1) is 0 Å². The average Bonchev–Trinajstić information content (AvgIpc) is 2.05. The Balaban J connectivity index is 3.25. The Hall–Kier alpha value is 0.600. The molecule has 0 amide bonds. The van der Waals surface area contributed by atoms with E-state index in [4.69, 9.17) is 10.7 Å². The second-order valence-electron chi connectivity index (χ2n) is 2.71. The van der Waals surface area contributed by atoms with Gasteiger partial charge in [0.15, 0.2) is 0 Å². The molecule has 0 aliphatic heterocycles. The molecule has 11 heavy (non-hydrogen) atoms. The predicted molar refractivity (Wildman–Crippen MR) is 54.8 cm³/mol. The fourth-order valence-corrected chi connectivity index (χ4v) is 1.66. The van der Waals surface area contributed by atoms with Crippen LogP contribution in [0.4, 0.5) is 0 Å². The smallest absolute Gasteiger partial charge is 0.0307 e. The molecular weight excluding hydrogens is 178 g/mol. The summed E-state index contributed by atoms with van der Waals surface area (Å²) in [5.74, 6) is 0. The monoisotopic (exact) mass is 195 g/mol. The highest BCUT2D eigenvalue weighted by molar-refractivity contribution is 8.19. The van der Waals surface area contributed by atoms with Gasteiger partial charge in [0.1, 0.15) is 0 Å². The predicted octanol–water partition coefficient (Wildman–Crippen LogP) is 3.69. The summed E-state index contributed by atoms with van der Waals surface area (Å²) >= 11 is 1.36. The van der Waals surface area contributed by atoms with Gasteiger partial charge in [-0.25, -0.2) is 4.31 Å². The van der Waals surface area contributed by atoms with Crippen LogP contribution in [0.1, 0.15) is 39.5 Å². The fraction of sp³-hybridized carbons (Fsp3) is 1.00. The van der Waals surface area contributed by atoms with E-state index < -0.39 is 0 Å². The van der Waals surface area contributed by atoms with Crippen LogP contribution in [0.3, 0.4) is 0 Å². The Morgan fingerprint density at radius 1 is 1.09 bits per heavy atom. The van der Waals surface area contributed by atoms with Crippen molar-refractivity contribution in [2.75, 3.05) is 13.1 Å². The highest BCUT2D eigenvalue weighted by Crippen LogP contribution is 2.15. The molecule has 0 spiro atoms. The van der Waals surface area contributed by atoms with Gasteiger partial charge < -0.3 is 0 Å². The molecule has 0 atom stereocenters. The fourth-order valence-electron chi connectivity index (χ4n) is 0.850. The van der Waals surface area contributed by atoms with Crippen LogP contribution in [0, 0.1) is 0 Å². The second kappa shape index (κ2) is 8.69. The topological polar surface area (TPSA) is 3.24 Å². The summed E-state index contributed by atoms with van der Waals surface area (Å²) in [6, 6.07) is 0. The first-order valence-electron chi connectivity index (χ1n) is 4.38. The lowest BCUT2D eigenvalue weighted by atomic mass is 10.3. The maximum Gasteiger partial charge on any atom is 0.0307 e. The summed E-state index contributed by atoms with van der Waals surface area (Å²) < 4.78 is 2.23. The summed E-state index contributed by atoms with van der Waals surface area (Å²) in [6.45, 7) is 6.67. The molecule has 68 valence electrons. The maximum absolute atomic E-state index is 5.68. The third-order valence-electron chi connectivity index (χ3n) is 1.62. The lowest BCUT2D eigenvalue weighted by Gasteiger charge is -2.15. The molecule has 0 saturated heterocycles. The Bertz CT molecular complexity index is 72.5. The lowest BCUT2D eigenvalue weighted by Crippen LogP contribution is -2.16. The summed E-state index contributed by atoms with van der Waals surface area (Å²) in [6.07, 6.45) is 5.01. The molecule has 3 heteroatoms. The van der Waals surface area contributed by atoms with Crippen molar-refractivity contribution in [3.63, 3.8) is 0 Å². The molecule has 0 aliphatic carbocycles. The van der Waals surface area contributed by atoms with E-state index in [0.717, 1.165) is 13.1 Å². The van der Waals surface area contributed by atoms with Gasteiger partial charge in [0.25, 0.3) is 0 Å². The molecule has 1 nitrogen and oxygen atoms in total. The van der Waals surface area contributed by atoms with Crippen molar-refractivity contribution in [1.82, 2.24) is 4.31 Å². The first-order valence-corrected chi connectivity index (χ1v) is 5.98. The zero-order valence-corrected chi connectivity index (χ0v) is 9.05. The summed E-state index contributed by atoms with van der Waals surface area (Å²) in [5.41, 5.74) is 0. The first kappa shape index (κ1) is 11.6. The number of rotatable bonds is 7. The molecule has 0 unspecified atom stereocenters. The number of hydrogen-bond donors (Lipinski definition) is 0. The molecule has 0 aliphatic rings. The van der Waals surface area contributed by atoms with E-state index in [1.807, 2.05) is 0 Å². The number of hydrogen-bond acceptors (Lipinski definition) is 2. The van der Waals surface area contributed by atoms with Crippen molar-refractivity contribution in [2.24, 2.45) is 0 Å². The first-order chi connectivity index (χ1) is 5.35. The average molecular weight is 196 g/mol. The van der Waals surface area contributed by atoms with Crippen LogP contribution in [0.2, 0.25) is 0 Å². The van der Waals surface area contributed by atoms with Crippen molar-refractivity contribution < 1.29 is 0 Å². The molecule has 0 rings (SSSR count). The highest BCUT2D eigenvalue weighted by Gasteiger charge is 2.01. The van der Waals surface area contributed by atoms with Crippen LogP contribution in [0.15, 0.2) is 0 Å². The summed E-state index contributed by atoms with van der Waals surface area (Å²) in [5, 5.41) is 0. The molecule has 0 bridgehead atoms. The third-order valence-corrected chi connectivity index (χ3v) is 2.77. The molecule has 0 aromatic carbocycles. The second-order valence-corrected chi connectivity index (χ2v) is 3.77. The van der Waals surface area contributed by atoms with Gasteiger partial charge in [-0.1, -0.05) is 26.7 Å². The summed E-state index contributed by atoms with van der Waals surface area (Å²) in [4.78, 5) is 0. The summed E-state index contributed by atoms with van der Waals surface area (Å²) in [7, 11) is 5.68. The van der Waals surface area contributed by atoms with Crippen molar-refractivity contribution in [3.05, 3.63) is 0 Å². The van der Waals surface area contributed by atoms with Crippen LogP contribution >= 0.6 is 21.8 Å². The van der Waals surface area contributed by atoms with Crippen LogP contribution in [-0.2, 0) is 0 Å². The number of unbranched alkanes of at least 4 members (excludes halogenated alkanes) is 2. The maximum atomic E-state index is 5.68. The van der Waals surface area contributed by atoms with E-state index in [1.54, 1.807) is 0 Å². The van der Waals surface area contributed by atoms with Crippen molar-refractivity contribution in [1.29, 1.82) is 0 Å². The van der Waals surface area contributed by atoms with Crippen LogP contribution < -0.4 is 0 Å². The van der Waals surface area contributed by atoms with Gasteiger partial charge in [-0.2, -0.15) is 0 Å². The van der Waals surface area contributed by atoms with Crippen LogP contribution in [-0.4, -0.2) is 17.4 Å². The third kappa shape index (κ3) is 6.98. The van der Waals surface area contributed by atoms with Crippen LogP contribution in [0.5, 0.6) is 0 Å². The molecule has 0 saturated carbocycles. The number of halogens is 1. The highest BCUT2D eigenvalue weighted by atomic mass is 35.7. The number of nitrogens with zero attached hydrogens (tertiary/aromatic N) is 1. The Morgan fingerprint density at radius 2 is 1.55 bits per heavy atom. The lowest BCUT2D eigenvalue weighted by molar-refractivity contribution is 0.448. The van der Waals surface area contributed by atoms with Gasteiger partial charge >= 0.3 is 0 Å². The minimum atomic E-state index is 1.13. The van der Waals surface area contributed by atoms with Crippen molar-refractivity contribution in [2.45, 2.75) is 39.5 Å². The molecule has 0 radical (unpaired) electrons. The van der Waals surface area contributed by atoms with E-state index in [-0.39, 0.29) is 0 Å². The van der Waals surface area contributed by atoms with E-state index >= 15 is 0 Å². The quantitative estimate of drug-likeness (QED) is 0.570. The van der Waals surface area contributed by atoms with Crippen molar-refractivity contribution in [3.8, 4) is 0 Å². The van der Waals surface area contributed by atoms with Gasteiger partial charge in [0, 0.05) is 24.3 Å². The molecule has 0 aromatic rings. The molecule has 0 N–H and O–H groups in total. The zero-order valence-electron chi connectivity index (χ0n) is 7.48. The van der Waals surface area contributed by atoms with E-state index in [2.05, 4.69) is 18.2 Å². The van der Waals surface area contributed by atoms with Gasteiger partial charge in [-0.05, 0) is 23.5 Å². The Labute approximate surface area is 79.1 Å².